The van der Waals surface area contributed by atoms with Crippen molar-refractivity contribution in [2.45, 2.75) is 32.4 Å². The van der Waals surface area contributed by atoms with Crippen molar-refractivity contribution in [2.24, 2.45) is 0 Å². The van der Waals surface area contributed by atoms with Crippen LogP contribution in [-0.4, -0.2) is 23.8 Å². The van der Waals surface area contributed by atoms with Crippen LogP contribution < -0.4 is 5.32 Å². The molecular formula is C14H17BrN2O2. The van der Waals surface area contributed by atoms with Crippen molar-refractivity contribution in [1.29, 1.82) is 0 Å². The number of halogens is 1. The summed E-state index contributed by atoms with van der Waals surface area (Å²) in [5, 5.41) is 2.56. The molecule has 0 atom stereocenters. The fourth-order valence-corrected chi connectivity index (χ4v) is 2.63. The summed E-state index contributed by atoms with van der Waals surface area (Å²) in [5.41, 5.74) is 2.41. The first-order chi connectivity index (χ1) is 9.10. The minimum absolute atomic E-state index is 0.0126. The zero-order valence-electron chi connectivity index (χ0n) is 10.9. The van der Waals surface area contributed by atoms with Crippen molar-refractivity contribution < 1.29 is 9.59 Å². The third kappa shape index (κ3) is 3.56. The van der Waals surface area contributed by atoms with E-state index in [1.807, 2.05) is 11.0 Å². The summed E-state index contributed by atoms with van der Waals surface area (Å²) in [7, 11) is 1.61. The van der Waals surface area contributed by atoms with Crippen LogP contribution in [0.1, 0.15) is 30.4 Å². The van der Waals surface area contributed by atoms with E-state index in [2.05, 4.69) is 33.4 Å². The fourth-order valence-electron chi connectivity index (χ4n) is 2.22. The Morgan fingerprint density at radius 3 is 2.74 bits per heavy atom. The van der Waals surface area contributed by atoms with Gasteiger partial charge >= 0.3 is 0 Å². The predicted molar refractivity (Wildman–Crippen MR) is 76.3 cm³/mol. The van der Waals surface area contributed by atoms with Gasteiger partial charge in [0.2, 0.25) is 11.8 Å². The first-order valence-corrected chi connectivity index (χ1v) is 7.15. The van der Waals surface area contributed by atoms with Crippen LogP contribution in [0.5, 0.6) is 0 Å². The van der Waals surface area contributed by atoms with E-state index in [0.29, 0.717) is 32.4 Å². The zero-order chi connectivity index (χ0) is 13.8. The van der Waals surface area contributed by atoms with E-state index >= 15 is 0 Å². The summed E-state index contributed by atoms with van der Waals surface area (Å²) >= 11 is 3.44. The van der Waals surface area contributed by atoms with Gasteiger partial charge in [0.05, 0.1) is 0 Å². The van der Waals surface area contributed by atoms with Crippen LogP contribution in [0, 0.1) is 0 Å². The summed E-state index contributed by atoms with van der Waals surface area (Å²) in [4.78, 5) is 25.0. The second-order valence-electron chi connectivity index (χ2n) is 4.69. The summed E-state index contributed by atoms with van der Waals surface area (Å²) in [6.07, 6.45) is 1.45. The molecule has 1 aliphatic rings. The highest BCUT2D eigenvalue weighted by Crippen LogP contribution is 2.26. The van der Waals surface area contributed by atoms with Gasteiger partial charge in [-0.05, 0) is 29.7 Å². The molecule has 0 aromatic heterocycles. The molecule has 0 saturated carbocycles. The molecule has 1 N–H and O–H groups in total. The molecule has 0 spiro atoms. The summed E-state index contributed by atoms with van der Waals surface area (Å²) in [6, 6.07) is 6.11. The van der Waals surface area contributed by atoms with Crippen molar-refractivity contribution >= 4 is 27.7 Å². The topological polar surface area (TPSA) is 49.4 Å². The standard InChI is InChI=1S/C14H17BrN2O2/c1-16-13(18)3-2-4-14(19)17-8-10-5-6-12(15)7-11(10)9-17/h5-7H,2-4,8-9H2,1H3,(H,16,18). The van der Waals surface area contributed by atoms with Crippen LogP contribution in [0.15, 0.2) is 22.7 Å². The van der Waals surface area contributed by atoms with Gasteiger partial charge in [-0.25, -0.2) is 0 Å². The van der Waals surface area contributed by atoms with E-state index in [4.69, 9.17) is 0 Å². The van der Waals surface area contributed by atoms with E-state index in [1.54, 1.807) is 7.05 Å². The quantitative estimate of drug-likeness (QED) is 0.923. The van der Waals surface area contributed by atoms with Gasteiger partial charge < -0.3 is 10.2 Å². The maximum atomic E-state index is 12.1. The Bertz CT molecular complexity index is 502. The SMILES string of the molecule is CNC(=O)CCCC(=O)N1Cc2ccc(Br)cc2C1. The average Bonchev–Trinajstić information content (AvgIpc) is 2.81. The van der Waals surface area contributed by atoms with Gasteiger partial charge in [-0.15, -0.1) is 0 Å². The molecule has 0 bridgehead atoms. The van der Waals surface area contributed by atoms with Crippen LogP contribution in [0.2, 0.25) is 0 Å². The molecule has 19 heavy (non-hydrogen) atoms. The lowest BCUT2D eigenvalue weighted by molar-refractivity contribution is -0.132. The molecule has 0 aliphatic carbocycles. The maximum absolute atomic E-state index is 12.1. The fraction of sp³-hybridized carbons (Fsp3) is 0.429. The Labute approximate surface area is 121 Å². The van der Waals surface area contributed by atoms with Crippen LogP contribution >= 0.6 is 15.9 Å². The molecule has 102 valence electrons. The molecule has 0 radical (unpaired) electrons. The number of fused-ring (bicyclic) bond motifs is 1. The normalized spacial score (nSPS) is 13.3. The van der Waals surface area contributed by atoms with Crippen LogP contribution in [0.25, 0.3) is 0 Å². The van der Waals surface area contributed by atoms with Gasteiger partial charge in [-0.3, -0.25) is 9.59 Å². The van der Waals surface area contributed by atoms with Gasteiger partial charge in [0.15, 0.2) is 0 Å². The number of amides is 2. The highest BCUT2D eigenvalue weighted by molar-refractivity contribution is 9.10. The number of nitrogens with zero attached hydrogens (tertiary/aromatic N) is 1. The van der Waals surface area contributed by atoms with E-state index in [9.17, 15) is 9.59 Å². The van der Waals surface area contributed by atoms with Gasteiger partial charge in [0.25, 0.3) is 0 Å². The summed E-state index contributed by atoms with van der Waals surface area (Å²) in [6.45, 7) is 1.36. The first kappa shape index (κ1) is 14.1. The molecule has 1 heterocycles. The lowest BCUT2D eigenvalue weighted by Crippen LogP contribution is -2.25. The Hall–Kier alpha value is -1.36. The third-order valence-corrected chi connectivity index (χ3v) is 3.81. The molecule has 5 heteroatoms. The van der Waals surface area contributed by atoms with Crippen molar-refractivity contribution in [1.82, 2.24) is 10.2 Å². The highest BCUT2D eigenvalue weighted by Gasteiger charge is 2.22. The number of carbonyl (C=O) groups excluding carboxylic acids is 2. The molecule has 1 aliphatic heterocycles. The lowest BCUT2D eigenvalue weighted by atomic mass is 10.1. The van der Waals surface area contributed by atoms with E-state index in [1.165, 1.54) is 11.1 Å². The Morgan fingerprint density at radius 2 is 2.00 bits per heavy atom. The monoisotopic (exact) mass is 324 g/mol. The van der Waals surface area contributed by atoms with Gasteiger partial charge in [-0.2, -0.15) is 0 Å². The van der Waals surface area contributed by atoms with Crippen LogP contribution in [-0.2, 0) is 22.7 Å². The van der Waals surface area contributed by atoms with Crippen molar-refractivity contribution in [3.8, 4) is 0 Å². The molecule has 1 aromatic rings. The number of nitrogens with one attached hydrogen (secondary N) is 1. The molecule has 0 fully saturated rings. The largest absolute Gasteiger partial charge is 0.359 e. The van der Waals surface area contributed by atoms with Crippen molar-refractivity contribution in [3.05, 3.63) is 33.8 Å². The van der Waals surface area contributed by atoms with Gasteiger partial charge in [-0.1, -0.05) is 22.0 Å². The number of carbonyl (C=O) groups is 2. The van der Waals surface area contributed by atoms with E-state index in [0.717, 1.165) is 4.47 Å². The Morgan fingerprint density at radius 1 is 1.26 bits per heavy atom. The molecule has 4 nitrogen and oxygen atoms in total. The first-order valence-electron chi connectivity index (χ1n) is 6.36. The maximum Gasteiger partial charge on any atom is 0.223 e. The predicted octanol–water partition coefficient (Wildman–Crippen LogP) is 2.21. The van der Waals surface area contributed by atoms with Gasteiger partial charge in [0, 0.05) is 37.5 Å². The molecule has 0 unspecified atom stereocenters. The average molecular weight is 325 g/mol. The smallest absolute Gasteiger partial charge is 0.223 e. The Balaban J connectivity index is 1.85. The zero-order valence-corrected chi connectivity index (χ0v) is 12.5. The molecule has 1 aromatic carbocycles. The van der Waals surface area contributed by atoms with Crippen LogP contribution in [0.3, 0.4) is 0 Å². The van der Waals surface area contributed by atoms with Gasteiger partial charge in [0.1, 0.15) is 0 Å². The molecular weight excluding hydrogens is 308 g/mol. The summed E-state index contributed by atoms with van der Waals surface area (Å²) < 4.78 is 1.04. The van der Waals surface area contributed by atoms with Crippen molar-refractivity contribution in [3.63, 3.8) is 0 Å². The number of benzene rings is 1. The Kier molecular flexibility index (Phi) is 4.58. The lowest BCUT2D eigenvalue weighted by Gasteiger charge is -2.15. The minimum Gasteiger partial charge on any atom is -0.359 e. The molecule has 2 amide bonds. The minimum atomic E-state index is -0.0126. The molecule has 2 rings (SSSR count). The number of rotatable bonds is 4. The number of hydrogen-bond donors (Lipinski definition) is 1. The van der Waals surface area contributed by atoms with Crippen LogP contribution in [0.4, 0.5) is 0 Å². The summed E-state index contributed by atoms with van der Waals surface area (Å²) in [5.74, 6) is 0.109. The second-order valence-corrected chi connectivity index (χ2v) is 5.61. The van der Waals surface area contributed by atoms with E-state index in [-0.39, 0.29) is 11.8 Å². The third-order valence-electron chi connectivity index (χ3n) is 3.32. The molecule has 0 saturated heterocycles. The number of hydrogen-bond acceptors (Lipinski definition) is 2. The second kappa shape index (κ2) is 6.19. The highest BCUT2D eigenvalue weighted by atomic mass is 79.9. The van der Waals surface area contributed by atoms with Crippen molar-refractivity contribution in [2.75, 3.05) is 7.05 Å². The van der Waals surface area contributed by atoms with E-state index < -0.39 is 0 Å².